The lowest BCUT2D eigenvalue weighted by molar-refractivity contribution is -0.137. The Bertz CT molecular complexity index is 523. The molecule has 2 aromatic rings. The van der Waals surface area contributed by atoms with Crippen LogP contribution in [0.1, 0.15) is 5.56 Å². The summed E-state index contributed by atoms with van der Waals surface area (Å²) in [6.45, 7) is 0.547. The monoisotopic (exact) mass is 285 g/mol. The summed E-state index contributed by atoms with van der Waals surface area (Å²) in [6, 6.07) is 6.42. The summed E-state index contributed by atoms with van der Waals surface area (Å²) in [7, 11) is 0. The molecule has 1 atom stereocenters. The molecule has 0 aliphatic rings. The first-order valence-electron chi connectivity index (χ1n) is 6.02. The van der Waals surface area contributed by atoms with Gasteiger partial charge in [-0.15, -0.1) is 0 Å². The number of aliphatic hydroxyl groups is 1. The van der Waals surface area contributed by atoms with E-state index in [4.69, 9.17) is 0 Å². The van der Waals surface area contributed by atoms with Crippen molar-refractivity contribution >= 4 is 5.69 Å². The Kier molecular flexibility index (Phi) is 4.29. The van der Waals surface area contributed by atoms with Crippen LogP contribution in [0.5, 0.6) is 0 Å². The third-order valence-electron chi connectivity index (χ3n) is 2.71. The lowest BCUT2D eigenvalue weighted by atomic mass is 10.2. The Morgan fingerprint density at radius 2 is 1.95 bits per heavy atom. The minimum atomic E-state index is -4.34. The number of aromatic nitrogens is 2. The van der Waals surface area contributed by atoms with Crippen molar-refractivity contribution in [3.8, 4) is 0 Å². The Balaban J connectivity index is 1.84. The Morgan fingerprint density at radius 1 is 1.25 bits per heavy atom. The van der Waals surface area contributed by atoms with E-state index in [1.165, 1.54) is 12.1 Å². The normalized spacial score (nSPS) is 13.2. The molecule has 0 radical (unpaired) electrons. The van der Waals surface area contributed by atoms with Gasteiger partial charge in [0.05, 0.1) is 18.2 Å². The number of nitrogens with zero attached hydrogens (tertiary/aromatic N) is 2. The second kappa shape index (κ2) is 5.96. The van der Waals surface area contributed by atoms with Crippen molar-refractivity contribution in [3.05, 3.63) is 48.3 Å². The first kappa shape index (κ1) is 14.4. The summed E-state index contributed by atoms with van der Waals surface area (Å²) in [4.78, 5) is 0. The van der Waals surface area contributed by atoms with Crippen molar-refractivity contribution in [2.45, 2.75) is 18.8 Å². The van der Waals surface area contributed by atoms with Crippen molar-refractivity contribution in [1.29, 1.82) is 0 Å². The van der Waals surface area contributed by atoms with Gasteiger partial charge in [-0.05, 0) is 30.3 Å². The van der Waals surface area contributed by atoms with Gasteiger partial charge in [0.2, 0.25) is 0 Å². The lowest BCUT2D eigenvalue weighted by Gasteiger charge is -2.13. The molecule has 1 heterocycles. The van der Waals surface area contributed by atoms with Crippen molar-refractivity contribution in [3.63, 3.8) is 0 Å². The topological polar surface area (TPSA) is 50.1 Å². The van der Waals surface area contributed by atoms with E-state index in [9.17, 15) is 18.3 Å². The third-order valence-corrected chi connectivity index (χ3v) is 2.71. The number of halogens is 3. The van der Waals surface area contributed by atoms with Crippen LogP contribution in [0, 0.1) is 0 Å². The van der Waals surface area contributed by atoms with Gasteiger partial charge in [-0.3, -0.25) is 4.68 Å². The molecule has 0 aliphatic heterocycles. The molecule has 0 saturated heterocycles. The van der Waals surface area contributed by atoms with Crippen LogP contribution in [-0.2, 0) is 12.7 Å². The molecule has 7 heteroatoms. The van der Waals surface area contributed by atoms with Crippen LogP contribution < -0.4 is 5.32 Å². The van der Waals surface area contributed by atoms with Gasteiger partial charge < -0.3 is 10.4 Å². The average molecular weight is 285 g/mol. The van der Waals surface area contributed by atoms with Crippen LogP contribution in [0.15, 0.2) is 42.7 Å². The first-order chi connectivity index (χ1) is 9.45. The summed E-state index contributed by atoms with van der Waals surface area (Å²) in [5.74, 6) is 0. The van der Waals surface area contributed by atoms with Crippen molar-refractivity contribution in [2.24, 2.45) is 0 Å². The molecule has 0 amide bonds. The quantitative estimate of drug-likeness (QED) is 0.886. The summed E-state index contributed by atoms with van der Waals surface area (Å²) in [6.07, 6.45) is -1.69. The third kappa shape index (κ3) is 3.99. The summed E-state index contributed by atoms with van der Waals surface area (Å²) < 4.78 is 38.7. The molecule has 2 N–H and O–H groups in total. The highest BCUT2D eigenvalue weighted by Gasteiger charge is 2.29. The number of anilines is 1. The van der Waals surface area contributed by atoms with E-state index in [-0.39, 0.29) is 6.54 Å². The van der Waals surface area contributed by atoms with Gasteiger partial charge in [-0.2, -0.15) is 18.3 Å². The molecule has 1 unspecified atom stereocenters. The number of aliphatic hydroxyl groups excluding tert-OH is 1. The minimum absolute atomic E-state index is 0.227. The highest BCUT2D eigenvalue weighted by molar-refractivity contribution is 5.45. The smallest absolute Gasteiger partial charge is 0.389 e. The zero-order valence-electron chi connectivity index (χ0n) is 10.5. The largest absolute Gasteiger partial charge is 0.416 e. The molecule has 0 saturated carbocycles. The molecule has 4 nitrogen and oxygen atoms in total. The molecule has 108 valence electrons. The molecule has 1 aromatic carbocycles. The molecule has 0 fully saturated rings. The number of alkyl halides is 3. The number of hydrogen-bond donors (Lipinski definition) is 2. The lowest BCUT2D eigenvalue weighted by Crippen LogP contribution is -2.25. The van der Waals surface area contributed by atoms with Crippen LogP contribution in [-0.4, -0.2) is 27.5 Å². The zero-order valence-corrected chi connectivity index (χ0v) is 10.5. The van der Waals surface area contributed by atoms with Crippen LogP contribution in [0.3, 0.4) is 0 Å². The van der Waals surface area contributed by atoms with Gasteiger partial charge in [-0.1, -0.05) is 0 Å². The van der Waals surface area contributed by atoms with E-state index in [2.05, 4.69) is 10.4 Å². The average Bonchev–Trinajstić information content (AvgIpc) is 2.88. The maximum Gasteiger partial charge on any atom is 0.416 e. The predicted molar refractivity (Wildman–Crippen MR) is 68.2 cm³/mol. The fourth-order valence-corrected chi connectivity index (χ4v) is 1.70. The number of hydrogen-bond acceptors (Lipinski definition) is 3. The molecule has 0 spiro atoms. The number of benzene rings is 1. The Labute approximate surface area is 113 Å². The van der Waals surface area contributed by atoms with E-state index in [1.807, 2.05) is 0 Å². The van der Waals surface area contributed by atoms with Crippen molar-refractivity contribution in [1.82, 2.24) is 9.78 Å². The first-order valence-corrected chi connectivity index (χ1v) is 6.02. The fourth-order valence-electron chi connectivity index (χ4n) is 1.70. The standard InChI is InChI=1S/C13H14F3N3O/c14-13(15,16)10-2-4-11(5-3-10)17-8-12(20)9-19-7-1-6-18-19/h1-7,12,17,20H,8-9H2. The van der Waals surface area contributed by atoms with Gasteiger partial charge >= 0.3 is 6.18 Å². The van der Waals surface area contributed by atoms with Gasteiger partial charge in [-0.25, -0.2) is 0 Å². The molecule has 2 rings (SSSR count). The van der Waals surface area contributed by atoms with E-state index in [1.54, 1.807) is 23.1 Å². The number of nitrogens with one attached hydrogen (secondary N) is 1. The molecule has 20 heavy (non-hydrogen) atoms. The second-order valence-electron chi connectivity index (χ2n) is 4.34. The van der Waals surface area contributed by atoms with Gasteiger partial charge in [0.1, 0.15) is 0 Å². The summed E-state index contributed by atoms with van der Waals surface area (Å²) in [5.41, 5.74) is -0.169. The Morgan fingerprint density at radius 3 is 2.50 bits per heavy atom. The van der Waals surface area contributed by atoms with E-state index < -0.39 is 17.8 Å². The fraction of sp³-hybridized carbons (Fsp3) is 0.308. The van der Waals surface area contributed by atoms with Crippen LogP contribution >= 0.6 is 0 Å². The second-order valence-corrected chi connectivity index (χ2v) is 4.34. The molecule has 1 aromatic heterocycles. The van der Waals surface area contributed by atoms with Gasteiger partial charge in [0, 0.05) is 24.6 Å². The van der Waals surface area contributed by atoms with Crippen LogP contribution in [0.2, 0.25) is 0 Å². The zero-order chi connectivity index (χ0) is 14.6. The maximum atomic E-state index is 12.4. The summed E-state index contributed by atoms with van der Waals surface area (Å²) >= 11 is 0. The van der Waals surface area contributed by atoms with Crippen LogP contribution in [0.4, 0.5) is 18.9 Å². The van der Waals surface area contributed by atoms with Crippen molar-refractivity contribution in [2.75, 3.05) is 11.9 Å². The summed E-state index contributed by atoms with van der Waals surface area (Å²) in [5, 5.41) is 16.6. The Hall–Kier alpha value is -2.02. The van der Waals surface area contributed by atoms with Gasteiger partial charge in [0.25, 0.3) is 0 Å². The molecular formula is C13H14F3N3O. The maximum absolute atomic E-state index is 12.4. The molecular weight excluding hydrogens is 271 g/mol. The molecule has 0 aliphatic carbocycles. The van der Waals surface area contributed by atoms with E-state index in [0.29, 0.717) is 12.2 Å². The van der Waals surface area contributed by atoms with Crippen LogP contribution in [0.25, 0.3) is 0 Å². The number of rotatable bonds is 5. The minimum Gasteiger partial charge on any atom is -0.389 e. The van der Waals surface area contributed by atoms with Gasteiger partial charge in [0.15, 0.2) is 0 Å². The highest BCUT2D eigenvalue weighted by atomic mass is 19.4. The van der Waals surface area contributed by atoms with E-state index >= 15 is 0 Å². The SMILES string of the molecule is OC(CNc1ccc(C(F)(F)F)cc1)Cn1cccn1. The highest BCUT2D eigenvalue weighted by Crippen LogP contribution is 2.29. The molecule has 0 bridgehead atoms. The predicted octanol–water partition coefficient (Wildman–Crippen LogP) is 2.37. The van der Waals surface area contributed by atoms with Crippen molar-refractivity contribution < 1.29 is 18.3 Å². The van der Waals surface area contributed by atoms with E-state index in [0.717, 1.165) is 12.1 Å².